The number of rotatable bonds is 7. The van der Waals surface area contributed by atoms with Gasteiger partial charge in [-0.15, -0.1) is 11.8 Å². The Morgan fingerprint density at radius 1 is 1.69 bits per heavy atom. The Labute approximate surface area is 99.5 Å². The zero-order valence-electron chi connectivity index (χ0n) is 9.60. The van der Waals surface area contributed by atoms with Crippen LogP contribution in [0.2, 0.25) is 0 Å². The first-order valence-electron chi connectivity index (χ1n) is 5.02. The van der Waals surface area contributed by atoms with Crippen molar-refractivity contribution in [3.63, 3.8) is 0 Å². The van der Waals surface area contributed by atoms with Gasteiger partial charge in [0.2, 0.25) is 5.91 Å². The SMILES string of the molecule is COCCSCC(=O)N(C)Cc1cn[nH]c1. The van der Waals surface area contributed by atoms with Crippen molar-refractivity contribution in [2.45, 2.75) is 6.54 Å². The van der Waals surface area contributed by atoms with Crippen LogP contribution in [0.5, 0.6) is 0 Å². The first kappa shape index (κ1) is 13.1. The fourth-order valence-electron chi connectivity index (χ4n) is 1.14. The van der Waals surface area contributed by atoms with Crippen molar-refractivity contribution in [1.29, 1.82) is 0 Å². The summed E-state index contributed by atoms with van der Waals surface area (Å²) in [4.78, 5) is 13.4. The van der Waals surface area contributed by atoms with Gasteiger partial charge in [0.15, 0.2) is 0 Å². The molecule has 1 rings (SSSR count). The van der Waals surface area contributed by atoms with E-state index in [-0.39, 0.29) is 5.91 Å². The number of carbonyl (C=O) groups is 1. The van der Waals surface area contributed by atoms with E-state index in [1.165, 1.54) is 0 Å². The summed E-state index contributed by atoms with van der Waals surface area (Å²) < 4.78 is 4.91. The average Bonchev–Trinajstić information content (AvgIpc) is 2.76. The van der Waals surface area contributed by atoms with Crippen molar-refractivity contribution < 1.29 is 9.53 Å². The maximum atomic E-state index is 11.7. The van der Waals surface area contributed by atoms with E-state index in [1.54, 1.807) is 43.2 Å². The monoisotopic (exact) mass is 243 g/mol. The lowest BCUT2D eigenvalue weighted by Gasteiger charge is -2.15. The van der Waals surface area contributed by atoms with Crippen LogP contribution in [0.15, 0.2) is 12.4 Å². The number of methoxy groups -OCH3 is 1. The van der Waals surface area contributed by atoms with Gasteiger partial charge in [-0.2, -0.15) is 5.10 Å². The molecule has 0 bridgehead atoms. The molecule has 0 saturated carbocycles. The number of ether oxygens (including phenoxy) is 1. The standard InChI is InChI=1S/C10H17N3O2S/c1-13(7-9-5-11-12-6-9)10(14)8-16-4-3-15-2/h5-6H,3-4,7-8H2,1-2H3,(H,11,12). The molecule has 6 heteroatoms. The Morgan fingerprint density at radius 2 is 2.50 bits per heavy atom. The van der Waals surface area contributed by atoms with Gasteiger partial charge < -0.3 is 9.64 Å². The van der Waals surface area contributed by atoms with Gasteiger partial charge >= 0.3 is 0 Å². The van der Waals surface area contributed by atoms with Gasteiger partial charge in [0.25, 0.3) is 0 Å². The molecule has 0 fully saturated rings. The van der Waals surface area contributed by atoms with E-state index >= 15 is 0 Å². The number of hydrogen-bond donors (Lipinski definition) is 1. The minimum absolute atomic E-state index is 0.127. The Bertz CT molecular complexity index is 303. The summed E-state index contributed by atoms with van der Waals surface area (Å²) >= 11 is 1.59. The molecule has 5 nitrogen and oxygen atoms in total. The van der Waals surface area contributed by atoms with Crippen LogP contribution in [0.25, 0.3) is 0 Å². The average molecular weight is 243 g/mol. The van der Waals surface area contributed by atoms with Crippen LogP contribution in [-0.4, -0.2) is 53.3 Å². The van der Waals surface area contributed by atoms with Crippen LogP contribution in [0.4, 0.5) is 0 Å². The molecule has 0 spiro atoms. The minimum Gasteiger partial charge on any atom is -0.384 e. The Hall–Kier alpha value is -1.01. The minimum atomic E-state index is 0.127. The van der Waals surface area contributed by atoms with Crippen LogP contribution in [-0.2, 0) is 16.1 Å². The molecule has 1 amide bonds. The number of nitrogens with one attached hydrogen (secondary N) is 1. The molecule has 16 heavy (non-hydrogen) atoms. The van der Waals surface area contributed by atoms with Crippen molar-refractivity contribution in [3.8, 4) is 0 Å². The number of aromatic nitrogens is 2. The van der Waals surface area contributed by atoms with Crippen molar-refractivity contribution in [1.82, 2.24) is 15.1 Å². The molecule has 1 N–H and O–H groups in total. The molecular weight excluding hydrogens is 226 g/mol. The molecule has 1 aromatic heterocycles. The topological polar surface area (TPSA) is 58.2 Å². The zero-order valence-corrected chi connectivity index (χ0v) is 10.4. The van der Waals surface area contributed by atoms with Crippen LogP contribution in [0.1, 0.15) is 5.56 Å². The van der Waals surface area contributed by atoms with Crippen LogP contribution < -0.4 is 0 Å². The van der Waals surface area contributed by atoms with Crippen LogP contribution >= 0.6 is 11.8 Å². The van der Waals surface area contributed by atoms with Gasteiger partial charge in [-0.25, -0.2) is 0 Å². The van der Waals surface area contributed by atoms with Gasteiger partial charge in [-0.05, 0) is 0 Å². The van der Waals surface area contributed by atoms with E-state index in [0.717, 1.165) is 11.3 Å². The van der Waals surface area contributed by atoms with E-state index in [1.807, 2.05) is 0 Å². The zero-order chi connectivity index (χ0) is 11.8. The Balaban J connectivity index is 2.20. The molecule has 90 valence electrons. The van der Waals surface area contributed by atoms with Gasteiger partial charge in [0.1, 0.15) is 0 Å². The summed E-state index contributed by atoms with van der Waals surface area (Å²) in [6.45, 7) is 1.28. The molecule has 0 saturated heterocycles. The lowest BCUT2D eigenvalue weighted by Crippen LogP contribution is -2.27. The molecule has 0 aliphatic carbocycles. The normalized spacial score (nSPS) is 10.4. The Kier molecular flexibility index (Phi) is 5.95. The quantitative estimate of drug-likeness (QED) is 0.718. The predicted octanol–water partition coefficient (Wildman–Crippen LogP) is 0.748. The summed E-state index contributed by atoms with van der Waals surface area (Å²) in [6, 6.07) is 0. The number of H-pyrrole nitrogens is 1. The largest absolute Gasteiger partial charge is 0.384 e. The maximum absolute atomic E-state index is 11.7. The number of thioether (sulfide) groups is 1. The molecule has 1 aromatic rings. The molecule has 0 aromatic carbocycles. The third-order valence-electron chi connectivity index (χ3n) is 2.06. The highest BCUT2D eigenvalue weighted by molar-refractivity contribution is 7.99. The van der Waals surface area contributed by atoms with E-state index in [4.69, 9.17) is 4.74 Å². The molecule has 0 unspecified atom stereocenters. The summed E-state index contributed by atoms with van der Waals surface area (Å²) in [6.07, 6.45) is 3.52. The van der Waals surface area contributed by atoms with E-state index in [0.29, 0.717) is 18.9 Å². The molecule has 1 heterocycles. The summed E-state index contributed by atoms with van der Waals surface area (Å²) in [5.41, 5.74) is 1.01. The molecular formula is C10H17N3O2S. The number of hydrogen-bond acceptors (Lipinski definition) is 4. The van der Waals surface area contributed by atoms with Crippen LogP contribution in [0, 0.1) is 0 Å². The second kappa shape index (κ2) is 7.29. The lowest BCUT2D eigenvalue weighted by molar-refractivity contribution is -0.127. The number of carbonyl (C=O) groups excluding carboxylic acids is 1. The summed E-state index contributed by atoms with van der Waals surface area (Å²) in [5, 5.41) is 6.56. The molecule has 0 aliphatic rings. The summed E-state index contributed by atoms with van der Waals surface area (Å²) in [5.74, 6) is 1.47. The first-order valence-corrected chi connectivity index (χ1v) is 6.18. The Morgan fingerprint density at radius 3 is 3.12 bits per heavy atom. The second-order valence-electron chi connectivity index (χ2n) is 3.40. The number of aromatic amines is 1. The van der Waals surface area contributed by atoms with Crippen molar-refractivity contribution in [2.75, 3.05) is 32.3 Å². The van der Waals surface area contributed by atoms with Gasteiger partial charge in [-0.3, -0.25) is 9.89 Å². The van der Waals surface area contributed by atoms with Crippen molar-refractivity contribution in [2.24, 2.45) is 0 Å². The van der Waals surface area contributed by atoms with Gasteiger partial charge in [0, 0.05) is 38.2 Å². The molecule has 0 radical (unpaired) electrons. The molecule has 0 atom stereocenters. The first-order chi connectivity index (χ1) is 7.74. The highest BCUT2D eigenvalue weighted by Gasteiger charge is 2.09. The van der Waals surface area contributed by atoms with Crippen molar-refractivity contribution >= 4 is 17.7 Å². The predicted molar refractivity (Wildman–Crippen MR) is 64.3 cm³/mol. The highest BCUT2D eigenvalue weighted by atomic mass is 32.2. The fraction of sp³-hybridized carbons (Fsp3) is 0.600. The van der Waals surface area contributed by atoms with Crippen molar-refractivity contribution in [3.05, 3.63) is 18.0 Å². The highest BCUT2D eigenvalue weighted by Crippen LogP contribution is 2.05. The van der Waals surface area contributed by atoms with Gasteiger partial charge in [0.05, 0.1) is 18.6 Å². The third-order valence-corrected chi connectivity index (χ3v) is 2.96. The fourth-order valence-corrected chi connectivity index (χ4v) is 1.96. The van der Waals surface area contributed by atoms with Gasteiger partial charge in [-0.1, -0.05) is 0 Å². The smallest absolute Gasteiger partial charge is 0.232 e. The summed E-state index contributed by atoms with van der Waals surface area (Å²) in [7, 11) is 3.46. The van der Waals surface area contributed by atoms with Crippen LogP contribution in [0.3, 0.4) is 0 Å². The maximum Gasteiger partial charge on any atom is 0.232 e. The third kappa shape index (κ3) is 4.67. The lowest BCUT2D eigenvalue weighted by atomic mass is 10.3. The second-order valence-corrected chi connectivity index (χ2v) is 4.51. The molecule has 0 aliphatic heterocycles. The van der Waals surface area contributed by atoms with E-state index in [2.05, 4.69) is 10.2 Å². The van der Waals surface area contributed by atoms with E-state index in [9.17, 15) is 4.79 Å². The number of amides is 1. The number of nitrogens with zero attached hydrogens (tertiary/aromatic N) is 2. The van der Waals surface area contributed by atoms with E-state index < -0.39 is 0 Å².